The highest BCUT2D eigenvalue weighted by Crippen LogP contribution is 2.24. The van der Waals surface area contributed by atoms with E-state index in [1.807, 2.05) is 25.9 Å². The van der Waals surface area contributed by atoms with Crippen molar-refractivity contribution in [2.45, 2.75) is 25.3 Å². The average Bonchev–Trinajstić information content (AvgIpc) is 2.27. The fraction of sp³-hybridized carbons (Fsp3) is 0.462. The lowest BCUT2D eigenvalue weighted by Crippen LogP contribution is -2.40. The van der Waals surface area contributed by atoms with Crippen molar-refractivity contribution in [2.75, 3.05) is 14.1 Å². The molecule has 0 aromatic heterocycles. The van der Waals surface area contributed by atoms with Gasteiger partial charge >= 0.3 is 0 Å². The maximum atomic E-state index is 13.5. The Labute approximate surface area is 107 Å². The van der Waals surface area contributed by atoms with Crippen LogP contribution in [0.15, 0.2) is 18.2 Å². The molecule has 0 amide bonds. The van der Waals surface area contributed by atoms with E-state index >= 15 is 0 Å². The molecule has 0 aliphatic heterocycles. The van der Waals surface area contributed by atoms with Crippen molar-refractivity contribution in [3.8, 4) is 6.07 Å². The number of hydrogen-bond donors (Lipinski definition) is 0. The Hall–Kier alpha value is -1.11. The highest BCUT2D eigenvalue weighted by Gasteiger charge is 2.26. The topological polar surface area (TPSA) is 27.0 Å². The highest BCUT2D eigenvalue weighted by atomic mass is 35.5. The molecule has 1 rings (SSSR count). The van der Waals surface area contributed by atoms with Crippen LogP contribution in [0.4, 0.5) is 4.39 Å². The molecule has 17 heavy (non-hydrogen) atoms. The van der Waals surface area contributed by atoms with Gasteiger partial charge in [-0.2, -0.15) is 5.26 Å². The maximum absolute atomic E-state index is 13.5. The van der Waals surface area contributed by atoms with Crippen LogP contribution in [0.3, 0.4) is 0 Å². The van der Waals surface area contributed by atoms with Crippen molar-refractivity contribution < 1.29 is 4.39 Å². The Bertz CT molecular complexity index is 419. The molecule has 1 unspecified atom stereocenters. The van der Waals surface area contributed by atoms with Crippen LogP contribution in [0.1, 0.15) is 18.9 Å². The molecule has 0 N–H and O–H groups in total. The normalized spacial score (nSPS) is 14.4. The Morgan fingerprint density at radius 2 is 2.12 bits per heavy atom. The summed E-state index contributed by atoms with van der Waals surface area (Å²) in [6, 6.07) is 6.88. The quantitative estimate of drug-likeness (QED) is 0.825. The van der Waals surface area contributed by atoms with E-state index in [-0.39, 0.29) is 5.82 Å². The third-order valence-corrected chi connectivity index (χ3v) is 3.51. The fourth-order valence-electron chi connectivity index (χ4n) is 1.52. The third kappa shape index (κ3) is 3.18. The van der Waals surface area contributed by atoms with Crippen LogP contribution in [-0.2, 0) is 6.42 Å². The van der Waals surface area contributed by atoms with Crippen molar-refractivity contribution >= 4 is 11.6 Å². The molecule has 1 aromatic carbocycles. The van der Waals surface area contributed by atoms with Gasteiger partial charge in [-0.3, -0.25) is 4.90 Å². The Morgan fingerprint density at radius 3 is 2.59 bits per heavy atom. The van der Waals surface area contributed by atoms with Crippen molar-refractivity contribution in [3.63, 3.8) is 0 Å². The van der Waals surface area contributed by atoms with E-state index < -0.39 is 5.54 Å². The molecule has 0 aliphatic rings. The minimum atomic E-state index is -0.606. The zero-order valence-corrected chi connectivity index (χ0v) is 11.1. The standard InChI is InChI=1S/C13H16ClFN2/c1-13(9-16,17(2)3)8-7-10-11(14)5-4-6-12(10)15/h4-6H,7-8H2,1-3H3. The summed E-state index contributed by atoms with van der Waals surface area (Å²) in [7, 11) is 3.68. The zero-order valence-electron chi connectivity index (χ0n) is 10.3. The summed E-state index contributed by atoms with van der Waals surface area (Å²) in [5.74, 6) is -0.309. The molecule has 92 valence electrons. The maximum Gasteiger partial charge on any atom is 0.127 e. The first-order valence-corrected chi connectivity index (χ1v) is 5.80. The number of nitriles is 1. The van der Waals surface area contributed by atoms with Crippen LogP contribution in [-0.4, -0.2) is 24.5 Å². The number of hydrogen-bond acceptors (Lipinski definition) is 2. The van der Waals surface area contributed by atoms with Crippen LogP contribution in [0, 0.1) is 17.1 Å². The first kappa shape index (κ1) is 14.0. The minimum absolute atomic E-state index is 0.309. The molecular weight excluding hydrogens is 239 g/mol. The van der Waals surface area contributed by atoms with Gasteiger partial charge in [0.25, 0.3) is 0 Å². The Balaban J connectivity index is 2.84. The predicted molar refractivity (Wildman–Crippen MR) is 67.4 cm³/mol. The molecule has 0 fully saturated rings. The second kappa shape index (κ2) is 5.48. The van der Waals surface area contributed by atoms with Crippen LogP contribution in [0.25, 0.3) is 0 Å². The number of benzene rings is 1. The number of nitrogens with zero attached hydrogens (tertiary/aromatic N) is 2. The molecule has 1 atom stereocenters. The predicted octanol–water partition coefficient (Wildman–Crippen LogP) is 3.26. The summed E-state index contributed by atoms with van der Waals surface area (Å²) in [5, 5.41) is 9.57. The van der Waals surface area contributed by atoms with Crippen LogP contribution < -0.4 is 0 Å². The molecule has 0 heterocycles. The van der Waals surface area contributed by atoms with Gasteiger partial charge in [-0.15, -0.1) is 0 Å². The van der Waals surface area contributed by atoms with E-state index in [1.54, 1.807) is 12.1 Å². The monoisotopic (exact) mass is 254 g/mol. The van der Waals surface area contributed by atoms with Gasteiger partial charge in [-0.05, 0) is 46.0 Å². The van der Waals surface area contributed by atoms with Crippen LogP contribution in [0.2, 0.25) is 5.02 Å². The second-order valence-corrected chi connectivity index (χ2v) is 4.89. The summed E-state index contributed by atoms with van der Waals surface area (Å²) >= 11 is 5.94. The molecule has 0 radical (unpaired) electrons. The lowest BCUT2D eigenvalue weighted by Gasteiger charge is -2.29. The highest BCUT2D eigenvalue weighted by molar-refractivity contribution is 6.31. The molecule has 0 bridgehead atoms. The van der Waals surface area contributed by atoms with E-state index in [0.717, 1.165) is 0 Å². The van der Waals surface area contributed by atoms with Crippen molar-refractivity contribution in [2.24, 2.45) is 0 Å². The van der Waals surface area contributed by atoms with Crippen molar-refractivity contribution in [1.29, 1.82) is 5.26 Å². The molecule has 2 nitrogen and oxygen atoms in total. The Kier molecular flexibility index (Phi) is 4.50. The fourth-order valence-corrected chi connectivity index (χ4v) is 1.78. The minimum Gasteiger partial charge on any atom is -0.292 e. The first-order valence-electron chi connectivity index (χ1n) is 5.42. The van der Waals surface area contributed by atoms with Gasteiger partial charge in [0.05, 0.1) is 6.07 Å². The molecule has 0 spiro atoms. The third-order valence-electron chi connectivity index (χ3n) is 3.15. The van der Waals surface area contributed by atoms with E-state index in [9.17, 15) is 4.39 Å². The zero-order chi connectivity index (χ0) is 13.1. The number of halogens is 2. The van der Waals surface area contributed by atoms with Gasteiger partial charge in [-0.25, -0.2) is 4.39 Å². The van der Waals surface area contributed by atoms with Gasteiger partial charge in [0.15, 0.2) is 0 Å². The van der Waals surface area contributed by atoms with Gasteiger partial charge in [0.2, 0.25) is 0 Å². The summed E-state index contributed by atoms with van der Waals surface area (Å²) in [6.45, 7) is 1.84. The summed E-state index contributed by atoms with van der Waals surface area (Å²) in [6.07, 6.45) is 0.991. The average molecular weight is 255 g/mol. The first-order chi connectivity index (χ1) is 7.90. The van der Waals surface area contributed by atoms with Crippen LogP contribution >= 0.6 is 11.6 Å². The summed E-state index contributed by atoms with van der Waals surface area (Å²) in [4.78, 5) is 1.84. The lowest BCUT2D eigenvalue weighted by atomic mass is 9.93. The summed E-state index contributed by atoms with van der Waals surface area (Å²) < 4.78 is 13.5. The lowest BCUT2D eigenvalue weighted by molar-refractivity contribution is 0.223. The van der Waals surface area contributed by atoms with Gasteiger partial charge < -0.3 is 0 Å². The van der Waals surface area contributed by atoms with E-state index in [1.165, 1.54) is 6.07 Å². The summed E-state index contributed by atoms with van der Waals surface area (Å²) in [5.41, 5.74) is -0.122. The number of rotatable bonds is 4. The van der Waals surface area contributed by atoms with Gasteiger partial charge in [0, 0.05) is 10.6 Å². The van der Waals surface area contributed by atoms with E-state index in [0.29, 0.717) is 23.4 Å². The molecule has 0 saturated heterocycles. The molecular formula is C13H16ClFN2. The SMILES string of the molecule is CN(C)C(C)(C#N)CCc1c(F)cccc1Cl. The van der Waals surface area contributed by atoms with Gasteiger partial charge in [-0.1, -0.05) is 17.7 Å². The van der Waals surface area contributed by atoms with E-state index in [2.05, 4.69) is 6.07 Å². The van der Waals surface area contributed by atoms with E-state index in [4.69, 9.17) is 16.9 Å². The second-order valence-electron chi connectivity index (χ2n) is 4.48. The van der Waals surface area contributed by atoms with Crippen molar-refractivity contribution in [3.05, 3.63) is 34.6 Å². The molecule has 1 aromatic rings. The largest absolute Gasteiger partial charge is 0.292 e. The molecule has 0 aliphatic carbocycles. The smallest absolute Gasteiger partial charge is 0.127 e. The molecule has 0 saturated carbocycles. The molecule has 4 heteroatoms. The van der Waals surface area contributed by atoms with Crippen LogP contribution in [0.5, 0.6) is 0 Å². The Morgan fingerprint density at radius 1 is 1.47 bits per heavy atom. The van der Waals surface area contributed by atoms with Gasteiger partial charge in [0.1, 0.15) is 11.4 Å². The van der Waals surface area contributed by atoms with Crippen molar-refractivity contribution in [1.82, 2.24) is 4.90 Å².